The predicted octanol–water partition coefficient (Wildman–Crippen LogP) is 0.472. The van der Waals surface area contributed by atoms with Crippen molar-refractivity contribution in [3.63, 3.8) is 0 Å². The van der Waals surface area contributed by atoms with Crippen LogP contribution in [0.5, 0.6) is 0 Å². The molecule has 4 N–H and O–H groups in total. The molecule has 62 valence electrons. The minimum absolute atomic E-state index is 0.465. The topological polar surface area (TPSA) is 52.0 Å². The maximum atomic E-state index is 11.9. The minimum atomic E-state index is -4.30. The number of nitrogens with two attached hydrogens (primary N) is 2. The van der Waals surface area contributed by atoms with Gasteiger partial charge in [-0.15, -0.1) is 0 Å². The van der Waals surface area contributed by atoms with Gasteiger partial charge in [0.05, 0.1) is 5.41 Å². The monoisotopic (exact) mass is 156 g/mol. The third kappa shape index (κ3) is 1.60. The predicted molar refractivity (Wildman–Crippen MR) is 32.3 cm³/mol. The van der Waals surface area contributed by atoms with Gasteiger partial charge in [-0.25, -0.2) is 0 Å². The van der Waals surface area contributed by atoms with Crippen molar-refractivity contribution in [3.8, 4) is 0 Å². The number of alkyl halides is 3. The molecule has 0 saturated carbocycles. The van der Waals surface area contributed by atoms with Crippen molar-refractivity contribution in [1.29, 1.82) is 0 Å². The summed E-state index contributed by atoms with van der Waals surface area (Å²) >= 11 is 0. The molecule has 0 unspecified atom stereocenters. The summed E-state index contributed by atoms with van der Waals surface area (Å²) in [6.45, 7) is 0.0764. The van der Waals surface area contributed by atoms with Gasteiger partial charge >= 0.3 is 6.18 Å². The van der Waals surface area contributed by atoms with Gasteiger partial charge in [-0.3, -0.25) is 0 Å². The van der Waals surface area contributed by atoms with E-state index in [-0.39, 0.29) is 0 Å². The van der Waals surface area contributed by atoms with Crippen LogP contribution in [0.15, 0.2) is 0 Å². The van der Waals surface area contributed by atoms with Gasteiger partial charge in [0.1, 0.15) is 0 Å². The lowest BCUT2D eigenvalue weighted by Gasteiger charge is -2.28. The largest absolute Gasteiger partial charge is 0.396 e. The van der Waals surface area contributed by atoms with E-state index in [0.717, 1.165) is 6.92 Å². The van der Waals surface area contributed by atoms with Crippen molar-refractivity contribution in [2.45, 2.75) is 13.1 Å². The van der Waals surface area contributed by atoms with Gasteiger partial charge in [0.25, 0.3) is 0 Å². The first kappa shape index (κ1) is 9.71. The summed E-state index contributed by atoms with van der Waals surface area (Å²) in [5.41, 5.74) is 7.88. The summed E-state index contributed by atoms with van der Waals surface area (Å²) in [7, 11) is 0. The fourth-order valence-electron chi connectivity index (χ4n) is 0.315. The van der Waals surface area contributed by atoms with E-state index < -0.39 is 24.7 Å². The SMILES string of the molecule is CC(CN)(CN)C(F)(F)F. The van der Waals surface area contributed by atoms with Gasteiger partial charge in [0, 0.05) is 13.1 Å². The lowest BCUT2D eigenvalue weighted by molar-refractivity contribution is -0.210. The molecule has 0 fully saturated rings. The number of halogens is 3. The molecule has 0 bridgehead atoms. The van der Waals surface area contributed by atoms with E-state index in [1.54, 1.807) is 0 Å². The van der Waals surface area contributed by atoms with Crippen LogP contribution in [0.1, 0.15) is 6.92 Å². The highest BCUT2D eigenvalue weighted by atomic mass is 19.4. The number of hydrogen-bond acceptors (Lipinski definition) is 2. The summed E-state index contributed by atoms with van der Waals surface area (Å²) in [6.07, 6.45) is -4.30. The third-order valence-corrected chi connectivity index (χ3v) is 1.59. The van der Waals surface area contributed by atoms with Crippen LogP contribution in [0.2, 0.25) is 0 Å². The summed E-state index contributed by atoms with van der Waals surface area (Å²) in [6, 6.07) is 0. The molecule has 0 aromatic rings. The zero-order valence-corrected chi connectivity index (χ0v) is 5.70. The highest BCUT2D eigenvalue weighted by Gasteiger charge is 2.48. The van der Waals surface area contributed by atoms with Crippen molar-refractivity contribution in [1.82, 2.24) is 0 Å². The summed E-state index contributed by atoms with van der Waals surface area (Å²) in [5, 5.41) is 0. The van der Waals surface area contributed by atoms with Crippen molar-refractivity contribution in [3.05, 3.63) is 0 Å². The second-order valence-corrected chi connectivity index (χ2v) is 2.47. The second-order valence-electron chi connectivity index (χ2n) is 2.47. The minimum Gasteiger partial charge on any atom is -0.330 e. The molecular formula is C5H11F3N2. The Morgan fingerprint density at radius 1 is 1.10 bits per heavy atom. The molecule has 0 amide bonds. The Morgan fingerprint density at radius 3 is 1.40 bits per heavy atom. The van der Waals surface area contributed by atoms with Crippen molar-refractivity contribution >= 4 is 0 Å². The van der Waals surface area contributed by atoms with E-state index in [9.17, 15) is 13.2 Å². The molecule has 10 heavy (non-hydrogen) atoms. The lowest BCUT2D eigenvalue weighted by atomic mass is 9.90. The quantitative estimate of drug-likeness (QED) is 0.610. The molecule has 0 rings (SSSR count). The van der Waals surface area contributed by atoms with Gasteiger partial charge < -0.3 is 11.5 Å². The Labute approximate surface area is 57.4 Å². The number of hydrogen-bond donors (Lipinski definition) is 2. The highest BCUT2D eigenvalue weighted by molar-refractivity contribution is 4.83. The van der Waals surface area contributed by atoms with E-state index in [4.69, 9.17) is 11.5 Å². The standard InChI is InChI=1S/C5H11F3N2/c1-4(2-9,3-10)5(6,7)8/h2-3,9-10H2,1H3. The van der Waals surface area contributed by atoms with E-state index in [0.29, 0.717) is 0 Å². The molecule has 2 nitrogen and oxygen atoms in total. The average Bonchev–Trinajstić information content (AvgIpc) is 1.84. The molecular weight excluding hydrogens is 145 g/mol. The highest BCUT2D eigenvalue weighted by Crippen LogP contribution is 2.35. The Balaban J connectivity index is 4.33. The lowest BCUT2D eigenvalue weighted by Crippen LogP contribution is -2.47. The first-order valence-electron chi connectivity index (χ1n) is 2.84. The first-order valence-corrected chi connectivity index (χ1v) is 2.84. The second kappa shape index (κ2) is 2.75. The maximum absolute atomic E-state index is 11.9. The van der Waals surface area contributed by atoms with Crippen molar-refractivity contribution < 1.29 is 13.2 Å². The van der Waals surface area contributed by atoms with Crippen LogP contribution in [-0.2, 0) is 0 Å². The molecule has 0 saturated heterocycles. The normalized spacial score (nSPS) is 13.8. The number of rotatable bonds is 2. The zero-order valence-electron chi connectivity index (χ0n) is 5.70. The van der Waals surface area contributed by atoms with Gasteiger partial charge in [-0.2, -0.15) is 13.2 Å². The van der Waals surface area contributed by atoms with Gasteiger partial charge in [0.2, 0.25) is 0 Å². The zero-order chi connectivity index (χ0) is 8.41. The van der Waals surface area contributed by atoms with Crippen molar-refractivity contribution in [2.24, 2.45) is 16.9 Å². The molecule has 5 heteroatoms. The van der Waals surface area contributed by atoms with Crippen LogP contribution in [0.25, 0.3) is 0 Å². The van der Waals surface area contributed by atoms with Crippen LogP contribution in [0.3, 0.4) is 0 Å². The summed E-state index contributed by atoms with van der Waals surface area (Å²) < 4.78 is 35.8. The fraction of sp³-hybridized carbons (Fsp3) is 1.00. The molecule has 0 radical (unpaired) electrons. The molecule has 0 aliphatic rings. The third-order valence-electron chi connectivity index (χ3n) is 1.59. The fourth-order valence-corrected chi connectivity index (χ4v) is 0.315. The van der Waals surface area contributed by atoms with Gasteiger partial charge in [0.15, 0.2) is 0 Å². The molecule has 0 spiro atoms. The summed E-state index contributed by atoms with van der Waals surface area (Å²) in [4.78, 5) is 0. The molecule has 0 aromatic carbocycles. The van der Waals surface area contributed by atoms with E-state index >= 15 is 0 Å². The Hall–Kier alpha value is -0.290. The molecule has 0 aromatic heterocycles. The molecule has 0 heterocycles. The van der Waals surface area contributed by atoms with E-state index in [1.807, 2.05) is 0 Å². The Bertz CT molecular complexity index is 106. The Morgan fingerprint density at radius 2 is 1.40 bits per heavy atom. The summed E-state index contributed by atoms with van der Waals surface area (Å²) in [5.74, 6) is 0. The smallest absolute Gasteiger partial charge is 0.330 e. The molecule has 0 aliphatic heterocycles. The van der Waals surface area contributed by atoms with Crippen LogP contribution in [0, 0.1) is 5.41 Å². The van der Waals surface area contributed by atoms with Crippen molar-refractivity contribution in [2.75, 3.05) is 13.1 Å². The van der Waals surface area contributed by atoms with E-state index in [2.05, 4.69) is 0 Å². The maximum Gasteiger partial charge on any atom is 0.396 e. The van der Waals surface area contributed by atoms with Crippen LogP contribution in [0.4, 0.5) is 13.2 Å². The average molecular weight is 156 g/mol. The molecule has 0 atom stereocenters. The molecule has 0 aliphatic carbocycles. The van der Waals surface area contributed by atoms with Crippen LogP contribution in [-0.4, -0.2) is 19.3 Å². The first-order chi connectivity index (χ1) is 4.37. The Kier molecular flexibility index (Phi) is 2.67. The van der Waals surface area contributed by atoms with Crippen LogP contribution >= 0.6 is 0 Å². The van der Waals surface area contributed by atoms with E-state index in [1.165, 1.54) is 0 Å². The van der Waals surface area contributed by atoms with Crippen LogP contribution < -0.4 is 11.5 Å². The van der Waals surface area contributed by atoms with Gasteiger partial charge in [-0.05, 0) is 6.92 Å². The van der Waals surface area contributed by atoms with Gasteiger partial charge in [-0.1, -0.05) is 0 Å².